The van der Waals surface area contributed by atoms with Crippen LogP contribution in [0.4, 0.5) is 0 Å². The second kappa shape index (κ2) is 6.86. The van der Waals surface area contributed by atoms with Gasteiger partial charge in [-0.2, -0.15) is 0 Å². The van der Waals surface area contributed by atoms with Crippen LogP contribution in [0.25, 0.3) is 0 Å². The van der Waals surface area contributed by atoms with E-state index in [-0.39, 0.29) is 18.6 Å². The van der Waals surface area contributed by atoms with E-state index < -0.39 is 37.4 Å². The Morgan fingerprint density at radius 3 is 2.77 bits per heavy atom. The van der Waals surface area contributed by atoms with Gasteiger partial charge in [0.2, 0.25) is 0 Å². The summed E-state index contributed by atoms with van der Waals surface area (Å²) in [4.78, 5) is 36.7. The van der Waals surface area contributed by atoms with Gasteiger partial charge in [-0.15, -0.1) is 0 Å². The van der Waals surface area contributed by atoms with Gasteiger partial charge in [0.25, 0.3) is 5.56 Å². The van der Waals surface area contributed by atoms with Crippen LogP contribution in [-0.2, 0) is 23.1 Å². The molecule has 1 saturated heterocycles. The summed E-state index contributed by atoms with van der Waals surface area (Å²) in [6.07, 6.45) is -0.782. The Morgan fingerprint density at radius 2 is 2.18 bits per heavy atom. The first kappa shape index (κ1) is 17.1. The summed E-state index contributed by atoms with van der Waals surface area (Å²) in [5.41, 5.74) is -1.03. The molecule has 1 aromatic rings. The normalized spacial score (nSPS) is 27.7. The summed E-state index contributed by atoms with van der Waals surface area (Å²) >= 11 is 0. The maximum Gasteiger partial charge on any atom is 0.472 e. The fourth-order valence-electron chi connectivity index (χ4n) is 2.21. The Hall–Kier alpha value is -1.29. The minimum absolute atomic E-state index is 0.103. The highest BCUT2D eigenvalue weighted by atomic mass is 31.2. The molecule has 1 aromatic heterocycles. The summed E-state index contributed by atoms with van der Waals surface area (Å²) in [6, 6.07) is 0. The minimum atomic E-state index is -4.20. The molecule has 0 amide bonds. The highest BCUT2D eigenvalue weighted by Gasteiger charge is 2.41. The van der Waals surface area contributed by atoms with Gasteiger partial charge in [-0.25, -0.2) is 9.36 Å². The van der Waals surface area contributed by atoms with Gasteiger partial charge in [0.1, 0.15) is 12.2 Å². The van der Waals surface area contributed by atoms with Gasteiger partial charge in [0, 0.05) is 26.8 Å². The molecule has 0 aliphatic carbocycles. The lowest BCUT2D eigenvalue weighted by atomic mass is 10.1. The molecule has 2 unspecified atom stereocenters. The summed E-state index contributed by atoms with van der Waals surface area (Å²) in [5, 5.41) is 0. The lowest BCUT2D eigenvalue weighted by Crippen LogP contribution is -2.28. The summed E-state index contributed by atoms with van der Waals surface area (Å²) in [6.45, 7) is 0.103. The molecule has 1 fully saturated rings. The number of rotatable bonds is 6. The first-order valence-electron chi connectivity index (χ1n) is 6.39. The molecular weight excluding hydrogens is 319 g/mol. The van der Waals surface area contributed by atoms with Crippen molar-refractivity contribution >= 4 is 7.82 Å². The number of methoxy groups -OCH3 is 1. The third-order valence-corrected chi connectivity index (χ3v) is 4.22. The highest BCUT2D eigenvalue weighted by Crippen LogP contribution is 2.47. The number of hydrogen-bond acceptors (Lipinski definition) is 7. The molecule has 3 N–H and O–H groups in total. The largest absolute Gasteiger partial charge is 0.472 e. The number of ether oxygens (including phenoxy) is 2. The molecule has 124 valence electrons. The lowest BCUT2D eigenvalue weighted by Gasteiger charge is -2.19. The molecule has 4 atom stereocenters. The van der Waals surface area contributed by atoms with E-state index in [9.17, 15) is 19.0 Å². The van der Waals surface area contributed by atoms with Crippen molar-refractivity contribution in [3.05, 3.63) is 32.6 Å². The van der Waals surface area contributed by atoms with Crippen molar-refractivity contribution < 1.29 is 28.0 Å². The number of nitrogens with one attached hydrogen (secondary N) is 2. The van der Waals surface area contributed by atoms with Crippen LogP contribution >= 0.6 is 7.82 Å². The number of aromatic amines is 2. The maximum atomic E-state index is 11.8. The van der Waals surface area contributed by atoms with E-state index in [0.29, 0.717) is 0 Å². The van der Waals surface area contributed by atoms with Crippen molar-refractivity contribution in [2.24, 2.45) is 0 Å². The van der Waals surface area contributed by atoms with E-state index in [1.54, 1.807) is 0 Å². The Kier molecular flexibility index (Phi) is 5.32. The molecule has 1 aliphatic rings. The summed E-state index contributed by atoms with van der Waals surface area (Å²) in [5.74, 6) is 0. The molecule has 11 heteroatoms. The van der Waals surface area contributed by atoms with E-state index in [4.69, 9.17) is 14.0 Å². The van der Waals surface area contributed by atoms with E-state index >= 15 is 0 Å². The fraction of sp³-hybridized carbons (Fsp3) is 0.636. The zero-order valence-electron chi connectivity index (χ0n) is 12.0. The van der Waals surface area contributed by atoms with Crippen molar-refractivity contribution in [1.29, 1.82) is 0 Å². The molecule has 2 rings (SSSR count). The van der Waals surface area contributed by atoms with E-state index in [1.807, 2.05) is 0 Å². The third kappa shape index (κ3) is 3.92. The van der Waals surface area contributed by atoms with Gasteiger partial charge in [-0.1, -0.05) is 0 Å². The Balaban J connectivity index is 2.21. The first-order valence-corrected chi connectivity index (χ1v) is 7.89. The average molecular weight is 336 g/mol. The minimum Gasteiger partial charge on any atom is -0.382 e. The van der Waals surface area contributed by atoms with Crippen LogP contribution < -0.4 is 11.2 Å². The smallest absolute Gasteiger partial charge is 0.382 e. The predicted molar refractivity (Wildman–Crippen MR) is 73.5 cm³/mol. The molecule has 0 aromatic carbocycles. The second-order valence-corrected chi connectivity index (χ2v) is 6.19. The van der Waals surface area contributed by atoms with Gasteiger partial charge in [0.15, 0.2) is 0 Å². The zero-order valence-corrected chi connectivity index (χ0v) is 12.9. The molecule has 22 heavy (non-hydrogen) atoms. The maximum absolute atomic E-state index is 11.8. The van der Waals surface area contributed by atoms with Crippen molar-refractivity contribution in [2.45, 2.75) is 24.7 Å². The molecule has 1 aliphatic heterocycles. The molecule has 0 saturated carbocycles. The molecule has 10 nitrogen and oxygen atoms in total. The van der Waals surface area contributed by atoms with Crippen LogP contribution in [0.15, 0.2) is 15.8 Å². The number of hydrogen-bond donors (Lipinski definition) is 3. The van der Waals surface area contributed by atoms with E-state index in [2.05, 4.69) is 14.5 Å². The highest BCUT2D eigenvalue weighted by molar-refractivity contribution is 7.47. The van der Waals surface area contributed by atoms with Crippen molar-refractivity contribution in [3.8, 4) is 0 Å². The molecule has 2 heterocycles. The van der Waals surface area contributed by atoms with Gasteiger partial charge in [-0.05, 0) is 0 Å². The zero-order chi connectivity index (χ0) is 16.3. The van der Waals surface area contributed by atoms with E-state index in [1.165, 1.54) is 13.3 Å². The summed E-state index contributed by atoms with van der Waals surface area (Å²) in [7, 11) is -1.71. The topological polar surface area (TPSA) is 140 Å². The Bertz CT molecular complexity index is 671. The molecule has 0 radical (unpaired) electrons. The number of phosphoric acid groups is 1. The molecule has 0 spiro atoms. The number of H-pyrrole nitrogens is 2. The number of aromatic nitrogens is 2. The third-order valence-electron chi connectivity index (χ3n) is 3.23. The van der Waals surface area contributed by atoms with Crippen LogP contribution in [0, 0.1) is 0 Å². The van der Waals surface area contributed by atoms with Crippen molar-refractivity contribution in [3.63, 3.8) is 0 Å². The van der Waals surface area contributed by atoms with Gasteiger partial charge >= 0.3 is 13.5 Å². The Morgan fingerprint density at radius 1 is 1.45 bits per heavy atom. The quantitative estimate of drug-likeness (QED) is 0.600. The fourth-order valence-corrected chi connectivity index (χ4v) is 2.86. The van der Waals surface area contributed by atoms with Crippen LogP contribution in [0.2, 0.25) is 0 Å². The van der Waals surface area contributed by atoms with Gasteiger partial charge in [0.05, 0.1) is 18.3 Å². The standard InChI is InChI=1S/C11H17N2O8P/c1-18-5-9-8(21-22(16,17)19-2)3-7(20-9)6-4-12-11(15)13-10(6)14/h4,7-9H,3,5H2,1-2H3,(H,16,17)(H2,12,13,14,15)/t7-,8?,9-/m1/s1. The van der Waals surface area contributed by atoms with Crippen LogP contribution in [0.1, 0.15) is 18.1 Å². The predicted octanol–water partition coefficient (Wildman–Crippen LogP) is -0.328. The Labute approximate surface area is 125 Å². The van der Waals surface area contributed by atoms with Crippen molar-refractivity contribution in [2.75, 3.05) is 20.8 Å². The molecule has 0 bridgehead atoms. The lowest BCUT2D eigenvalue weighted by molar-refractivity contribution is -0.0344. The SMILES string of the molecule is COC[C@H]1O[C@@H](c2c[nH]c(=O)[nH]c2=O)CC1OP(=O)(O)OC. The monoisotopic (exact) mass is 336 g/mol. The number of phosphoric ester groups is 1. The van der Waals surface area contributed by atoms with Gasteiger partial charge < -0.3 is 19.4 Å². The first-order chi connectivity index (χ1) is 10.4. The summed E-state index contributed by atoms with van der Waals surface area (Å²) < 4.78 is 31.6. The van der Waals surface area contributed by atoms with Crippen LogP contribution in [0.3, 0.4) is 0 Å². The van der Waals surface area contributed by atoms with Crippen molar-refractivity contribution in [1.82, 2.24) is 9.97 Å². The van der Waals surface area contributed by atoms with Gasteiger partial charge in [-0.3, -0.25) is 18.8 Å². The van der Waals surface area contributed by atoms with Crippen LogP contribution in [-0.4, -0.2) is 47.9 Å². The average Bonchev–Trinajstić information content (AvgIpc) is 2.81. The van der Waals surface area contributed by atoms with E-state index in [0.717, 1.165) is 7.11 Å². The van der Waals surface area contributed by atoms with Crippen LogP contribution in [0.5, 0.6) is 0 Å². The second-order valence-electron chi connectivity index (χ2n) is 4.68. The molecular formula is C11H17N2O8P.